The van der Waals surface area contributed by atoms with Gasteiger partial charge in [-0.3, -0.25) is 10.1 Å². The molecule has 0 saturated heterocycles. The van der Waals surface area contributed by atoms with Crippen LogP contribution in [0, 0.1) is 0 Å². The van der Waals surface area contributed by atoms with Crippen LogP contribution >= 0.6 is 0 Å². The van der Waals surface area contributed by atoms with E-state index in [9.17, 15) is 14.7 Å². The van der Waals surface area contributed by atoms with E-state index < -0.39 is 17.5 Å². The fourth-order valence-electron chi connectivity index (χ4n) is 3.35. The first-order valence-corrected chi connectivity index (χ1v) is 8.75. The largest absolute Gasteiger partial charge is 0.481 e. The molecule has 142 valence electrons. The van der Waals surface area contributed by atoms with Crippen LogP contribution in [0.4, 0.5) is 10.6 Å². The molecule has 0 bridgehead atoms. The average Bonchev–Trinajstić information content (AvgIpc) is 3.43. The van der Waals surface area contributed by atoms with Crippen LogP contribution in [0.1, 0.15) is 18.4 Å². The maximum Gasteiger partial charge on any atom is 0.410 e. The van der Waals surface area contributed by atoms with E-state index in [1.54, 1.807) is 7.05 Å². The second kappa shape index (κ2) is 6.49. The number of carboxylic acid groups (broad SMARTS) is 2. The summed E-state index contributed by atoms with van der Waals surface area (Å²) >= 11 is 0. The minimum atomic E-state index is -1.18. The summed E-state index contributed by atoms with van der Waals surface area (Å²) in [4.78, 5) is 22.4. The molecule has 1 aliphatic carbocycles. The van der Waals surface area contributed by atoms with Crippen molar-refractivity contribution in [2.75, 3.05) is 5.32 Å². The maximum absolute atomic E-state index is 11.5. The first kappa shape index (κ1) is 17.7. The number of anilines is 1. The molecule has 0 aliphatic heterocycles. The lowest BCUT2D eigenvalue weighted by molar-refractivity contribution is -0.140. The van der Waals surface area contributed by atoms with Gasteiger partial charge in [-0.1, -0.05) is 53.7 Å². The Bertz CT molecular complexity index is 1050. The molecular weight excluding hydrogens is 360 g/mol. The zero-order valence-corrected chi connectivity index (χ0v) is 15.1. The van der Waals surface area contributed by atoms with Crippen LogP contribution < -0.4 is 5.32 Å². The van der Waals surface area contributed by atoms with E-state index in [1.165, 1.54) is 4.68 Å². The van der Waals surface area contributed by atoms with Crippen molar-refractivity contribution in [3.05, 3.63) is 54.1 Å². The minimum absolute atomic E-state index is 0.299. The number of hydrogen-bond acceptors (Lipinski definition) is 4. The minimum Gasteiger partial charge on any atom is -0.481 e. The molecule has 8 heteroatoms. The summed E-state index contributed by atoms with van der Waals surface area (Å²) in [5.41, 5.74) is 3.25. The fraction of sp³-hybridized carbons (Fsp3) is 0.200. The molecule has 1 aromatic heterocycles. The molecule has 0 atom stereocenters. The second-order valence-corrected chi connectivity index (χ2v) is 6.88. The average molecular weight is 378 g/mol. The molecule has 2 aromatic carbocycles. The fourth-order valence-corrected chi connectivity index (χ4v) is 3.35. The van der Waals surface area contributed by atoms with Crippen molar-refractivity contribution in [2.45, 2.75) is 18.3 Å². The van der Waals surface area contributed by atoms with Gasteiger partial charge in [0.05, 0.1) is 5.41 Å². The van der Waals surface area contributed by atoms with Gasteiger partial charge in [0.15, 0.2) is 5.82 Å². The van der Waals surface area contributed by atoms with Gasteiger partial charge in [-0.15, -0.1) is 5.10 Å². The van der Waals surface area contributed by atoms with E-state index in [-0.39, 0.29) is 0 Å². The molecule has 0 unspecified atom stereocenters. The van der Waals surface area contributed by atoms with Crippen molar-refractivity contribution in [2.24, 2.45) is 7.05 Å². The van der Waals surface area contributed by atoms with Gasteiger partial charge in [0.25, 0.3) is 0 Å². The summed E-state index contributed by atoms with van der Waals surface area (Å²) in [7, 11) is 1.61. The third kappa shape index (κ3) is 2.98. The number of aromatic nitrogens is 3. The molecule has 1 amide bonds. The summed E-state index contributed by atoms with van der Waals surface area (Å²) in [6.45, 7) is 0. The number of aliphatic carboxylic acids is 1. The van der Waals surface area contributed by atoms with Crippen molar-refractivity contribution in [3.8, 4) is 22.4 Å². The monoisotopic (exact) mass is 378 g/mol. The SMILES string of the molecule is Cn1nnc(-c2ccc(-c3ccc(C4(C(=O)O)CC4)cc3)cc2)c1NC(=O)O. The van der Waals surface area contributed by atoms with Gasteiger partial charge in [-0.25, -0.2) is 9.48 Å². The van der Waals surface area contributed by atoms with Crippen LogP contribution in [0.25, 0.3) is 22.4 Å². The number of nitrogens with zero attached hydrogens (tertiary/aromatic N) is 3. The normalized spacial score (nSPS) is 14.5. The Morgan fingerprint density at radius 2 is 1.50 bits per heavy atom. The van der Waals surface area contributed by atoms with Crippen LogP contribution in [-0.4, -0.2) is 37.3 Å². The third-order valence-corrected chi connectivity index (χ3v) is 5.14. The van der Waals surface area contributed by atoms with E-state index in [0.717, 1.165) is 22.3 Å². The first-order chi connectivity index (χ1) is 13.4. The smallest absolute Gasteiger partial charge is 0.410 e. The first-order valence-electron chi connectivity index (χ1n) is 8.75. The van der Waals surface area contributed by atoms with Gasteiger partial charge in [0.1, 0.15) is 5.69 Å². The molecule has 3 aromatic rings. The van der Waals surface area contributed by atoms with Crippen molar-refractivity contribution in [1.82, 2.24) is 15.0 Å². The second-order valence-electron chi connectivity index (χ2n) is 6.88. The van der Waals surface area contributed by atoms with Gasteiger partial charge in [-0.2, -0.15) is 0 Å². The number of carbonyl (C=O) groups is 2. The van der Waals surface area contributed by atoms with Crippen molar-refractivity contribution < 1.29 is 19.8 Å². The highest BCUT2D eigenvalue weighted by Crippen LogP contribution is 2.48. The third-order valence-electron chi connectivity index (χ3n) is 5.14. The van der Waals surface area contributed by atoms with Crippen LogP contribution in [0.5, 0.6) is 0 Å². The predicted octanol–water partition coefficient (Wildman–Crippen LogP) is 3.36. The highest BCUT2D eigenvalue weighted by Gasteiger charge is 2.51. The molecule has 0 radical (unpaired) electrons. The lowest BCUT2D eigenvalue weighted by Crippen LogP contribution is -2.19. The predicted molar refractivity (Wildman–Crippen MR) is 102 cm³/mol. The highest BCUT2D eigenvalue weighted by atomic mass is 16.4. The number of aryl methyl sites for hydroxylation is 1. The standard InChI is InChI=1S/C20H18N4O4/c1-24-17(21-19(27)28)16(22-23-24)14-4-2-12(3-5-14)13-6-8-15(9-7-13)20(10-11-20)18(25)26/h2-9,21H,10-11H2,1H3,(H,25,26)(H,27,28). The summed E-state index contributed by atoms with van der Waals surface area (Å²) in [6.07, 6.45) is 0.181. The molecule has 28 heavy (non-hydrogen) atoms. The Balaban J connectivity index is 1.59. The van der Waals surface area contributed by atoms with E-state index in [0.29, 0.717) is 24.4 Å². The van der Waals surface area contributed by atoms with Crippen molar-refractivity contribution in [3.63, 3.8) is 0 Å². The summed E-state index contributed by atoms with van der Waals surface area (Å²) in [5, 5.41) is 28.6. The van der Waals surface area contributed by atoms with E-state index >= 15 is 0 Å². The van der Waals surface area contributed by atoms with E-state index in [1.807, 2.05) is 48.5 Å². The Morgan fingerprint density at radius 3 is 2.00 bits per heavy atom. The molecule has 4 rings (SSSR count). The number of nitrogens with one attached hydrogen (secondary N) is 1. The Labute approximate surface area is 160 Å². The molecule has 8 nitrogen and oxygen atoms in total. The van der Waals surface area contributed by atoms with Crippen molar-refractivity contribution in [1.29, 1.82) is 0 Å². The lowest BCUT2D eigenvalue weighted by Gasteiger charge is -2.11. The lowest BCUT2D eigenvalue weighted by atomic mass is 9.93. The van der Waals surface area contributed by atoms with Crippen LogP contribution in [0.15, 0.2) is 48.5 Å². The summed E-state index contributed by atoms with van der Waals surface area (Å²) < 4.78 is 1.37. The van der Waals surface area contributed by atoms with Crippen molar-refractivity contribution >= 4 is 17.9 Å². The molecule has 1 saturated carbocycles. The molecule has 1 aliphatic rings. The number of carboxylic acids is 1. The Hall–Kier alpha value is -3.68. The summed E-state index contributed by atoms with van der Waals surface area (Å²) in [5.74, 6) is -0.465. The van der Waals surface area contributed by atoms with E-state index in [4.69, 9.17) is 5.11 Å². The topological polar surface area (TPSA) is 117 Å². The van der Waals surface area contributed by atoms with Crippen LogP contribution in [-0.2, 0) is 17.3 Å². The van der Waals surface area contributed by atoms with Crippen LogP contribution in [0.3, 0.4) is 0 Å². The van der Waals surface area contributed by atoms with Gasteiger partial charge < -0.3 is 10.2 Å². The molecular formula is C20H18N4O4. The number of benzene rings is 2. The number of amides is 1. The molecule has 1 heterocycles. The zero-order valence-electron chi connectivity index (χ0n) is 15.1. The maximum atomic E-state index is 11.5. The van der Waals surface area contributed by atoms with Gasteiger partial charge in [-0.05, 0) is 29.5 Å². The molecule has 3 N–H and O–H groups in total. The van der Waals surface area contributed by atoms with E-state index in [2.05, 4.69) is 15.6 Å². The molecule has 1 fully saturated rings. The highest BCUT2D eigenvalue weighted by molar-refractivity contribution is 5.88. The van der Waals surface area contributed by atoms with Gasteiger partial charge >= 0.3 is 12.1 Å². The number of hydrogen-bond donors (Lipinski definition) is 3. The zero-order chi connectivity index (χ0) is 19.9. The Kier molecular flexibility index (Phi) is 4.11. The quantitative estimate of drug-likeness (QED) is 0.627. The Morgan fingerprint density at radius 1 is 0.964 bits per heavy atom. The van der Waals surface area contributed by atoms with Gasteiger partial charge in [0.2, 0.25) is 0 Å². The summed E-state index contributed by atoms with van der Waals surface area (Å²) in [6, 6.07) is 15.1. The van der Waals surface area contributed by atoms with Gasteiger partial charge in [0, 0.05) is 12.6 Å². The number of rotatable bonds is 5. The van der Waals surface area contributed by atoms with Crippen LogP contribution in [0.2, 0.25) is 0 Å². The molecule has 0 spiro atoms.